The lowest BCUT2D eigenvalue weighted by Crippen LogP contribution is -2.00. The van der Waals surface area contributed by atoms with Crippen LogP contribution in [-0.2, 0) is 9.84 Å². The van der Waals surface area contributed by atoms with Crippen molar-refractivity contribution in [2.24, 2.45) is 0 Å². The van der Waals surface area contributed by atoms with E-state index in [1.54, 1.807) is 18.2 Å². The summed E-state index contributed by atoms with van der Waals surface area (Å²) in [5, 5.41) is 11.1. The van der Waals surface area contributed by atoms with Crippen molar-refractivity contribution in [3.05, 3.63) is 64.9 Å². The third-order valence-corrected chi connectivity index (χ3v) is 4.87. The Morgan fingerprint density at radius 1 is 1.00 bits per heavy atom. The number of rotatable bonds is 3. The molecule has 0 aliphatic carbocycles. The van der Waals surface area contributed by atoms with Crippen molar-refractivity contribution in [3.8, 4) is 0 Å². The molecule has 0 radical (unpaired) electrons. The predicted octanol–water partition coefficient (Wildman–Crippen LogP) is 3.17. The maximum Gasteiger partial charge on any atom is 0.312 e. The van der Waals surface area contributed by atoms with Crippen molar-refractivity contribution in [1.82, 2.24) is 0 Å². The first-order valence-electron chi connectivity index (χ1n) is 5.96. The molecule has 2 aromatic carbocycles. The van der Waals surface area contributed by atoms with Crippen LogP contribution in [0.2, 0.25) is 0 Å². The van der Waals surface area contributed by atoms with Gasteiger partial charge in [0.25, 0.3) is 0 Å². The van der Waals surface area contributed by atoms with Crippen molar-refractivity contribution < 1.29 is 17.8 Å². The molecule has 21 heavy (non-hydrogen) atoms. The number of nitro groups is 1. The van der Waals surface area contributed by atoms with Crippen LogP contribution < -0.4 is 0 Å². The SMILES string of the molecule is O=[N+]([O-])c1cccc2c(S(=O)(=O)c3ccccc3)coc12. The van der Waals surface area contributed by atoms with Crippen LogP contribution in [0, 0.1) is 10.1 Å². The van der Waals surface area contributed by atoms with E-state index in [-0.39, 0.29) is 26.4 Å². The molecule has 106 valence electrons. The Labute approximate surface area is 119 Å². The van der Waals surface area contributed by atoms with Gasteiger partial charge in [0.15, 0.2) is 0 Å². The summed E-state index contributed by atoms with van der Waals surface area (Å²) < 4.78 is 30.2. The molecule has 0 bridgehead atoms. The molecule has 0 N–H and O–H groups in total. The second-order valence-corrected chi connectivity index (χ2v) is 6.25. The van der Waals surface area contributed by atoms with Crippen LogP contribution in [0.5, 0.6) is 0 Å². The minimum Gasteiger partial charge on any atom is -0.456 e. The molecule has 0 spiro atoms. The number of para-hydroxylation sites is 1. The fourth-order valence-electron chi connectivity index (χ4n) is 2.10. The zero-order chi connectivity index (χ0) is 15.0. The number of hydrogen-bond donors (Lipinski definition) is 0. The van der Waals surface area contributed by atoms with Gasteiger partial charge in [0.1, 0.15) is 11.2 Å². The van der Waals surface area contributed by atoms with Gasteiger partial charge in [-0.2, -0.15) is 0 Å². The van der Waals surface area contributed by atoms with Crippen LogP contribution in [0.25, 0.3) is 11.0 Å². The Bertz CT molecular complexity index is 928. The number of non-ortho nitro benzene ring substituents is 1. The molecule has 7 heteroatoms. The van der Waals surface area contributed by atoms with Crippen LogP contribution >= 0.6 is 0 Å². The standard InChI is InChI=1S/C14H9NO5S/c16-15(17)12-8-4-7-11-13(9-20-14(11)12)21(18,19)10-5-2-1-3-6-10/h1-9H. The molecule has 1 heterocycles. The summed E-state index contributed by atoms with van der Waals surface area (Å²) in [7, 11) is -3.78. The fraction of sp³-hybridized carbons (Fsp3) is 0. The Kier molecular flexibility index (Phi) is 2.99. The molecular weight excluding hydrogens is 294 g/mol. The van der Waals surface area contributed by atoms with Gasteiger partial charge in [-0.3, -0.25) is 10.1 Å². The highest BCUT2D eigenvalue weighted by molar-refractivity contribution is 7.91. The van der Waals surface area contributed by atoms with Crippen molar-refractivity contribution in [1.29, 1.82) is 0 Å². The van der Waals surface area contributed by atoms with E-state index in [4.69, 9.17) is 4.42 Å². The Morgan fingerprint density at radius 2 is 1.71 bits per heavy atom. The van der Waals surface area contributed by atoms with E-state index in [2.05, 4.69) is 0 Å². The maximum absolute atomic E-state index is 12.6. The van der Waals surface area contributed by atoms with Crippen molar-refractivity contribution in [2.75, 3.05) is 0 Å². The minimum absolute atomic E-state index is 0.0444. The monoisotopic (exact) mass is 303 g/mol. The van der Waals surface area contributed by atoms with Gasteiger partial charge in [-0.25, -0.2) is 8.42 Å². The molecule has 0 saturated heterocycles. The number of nitrogens with zero attached hydrogens (tertiary/aromatic N) is 1. The largest absolute Gasteiger partial charge is 0.456 e. The molecule has 3 aromatic rings. The number of sulfone groups is 1. The van der Waals surface area contributed by atoms with Gasteiger partial charge in [-0.15, -0.1) is 0 Å². The van der Waals surface area contributed by atoms with E-state index in [1.807, 2.05) is 0 Å². The molecule has 0 saturated carbocycles. The highest BCUT2D eigenvalue weighted by atomic mass is 32.2. The van der Waals surface area contributed by atoms with Gasteiger partial charge in [0.2, 0.25) is 15.4 Å². The zero-order valence-electron chi connectivity index (χ0n) is 10.6. The first-order chi connectivity index (χ1) is 10.0. The molecule has 0 unspecified atom stereocenters. The fourth-order valence-corrected chi connectivity index (χ4v) is 3.49. The van der Waals surface area contributed by atoms with Gasteiger partial charge in [-0.1, -0.05) is 24.3 Å². The first kappa shape index (κ1) is 13.3. The topological polar surface area (TPSA) is 90.4 Å². The summed E-state index contributed by atoms with van der Waals surface area (Å²) in [5.74, 6) is 0. The lowest BCUT2D eigenvalue weighted by molar-refractivity contribution is -0.383. The number of fused-ring (bicyclic) bond motifs is 1. The van der Waals surface area contributed by atoms with E-state index >= 15 is 0 Å². The van der Waals surface area contributed by atoms with Crippen LogP contribution in [0.3, 0.4) is 0 Å². The van der Waals surface area contributed by atoms with E-state index in [0.29, 0.717) is 0 Å². The molecule has 6 nitrogen and oxygen atoms in total. The maximum atomic E-state index is 12.6. The lowest BCUT2D eigenvalue weighted by Gasteiger charge is -2.01. The second kappa shape index (κ2) is 4.71. The van der Waals surface area contributed by atoms with Crippen LogP contribution in [0.15, 0.2) is 69.0 Å². The molecule has 1 aromatic heterocycles. The third-order valence-electron chi connectivity index (χ3n) is 3.08. The molecule has 0 atom stereocenters. The van der Waals surface area contributed by atoms with Gasteiger partial charge in [-0.05, 0) is 18.2 Å². The van der Waals surface area contributed by atoms with Gasteiger partial charge < -0.3 is 4.42 Å². The van der Waals surface area contributed by atoms with Crippen LogP contribution in [-0.4, -0.2) is 13.3 Å². The Morgan fingerprint density at radius 3 is 2.38 bits per heavy atom. The molecule has 0 aliphatic rings. The van der Waals surface area contributed by atoms with Crippen molar-refractivity contribution in [2.45, 2.75) is 9.79 Å². The Balaban J connectivity index is 2.28. The smallest absolute Gasteiger partial charge is 0.312 e. The highest BCUT2D eigenvalue weighted by Gasteiger charge is 2.26. The summed E-state index contributed by atoms with van der Waals surface area (Å²) in [5.41, 5.74) is -0.306. The van der Waals surface area contributed by atoms with Crippen LogP contribution in [0.4, 0.5) is 5.69 Å². The van der Waals surface area contributed by atoms with Gasteiger partial charge in [0.05, 0.1) is 9.82 Å². The average Bonchev–Trinajstić information content (AvgIpc) is 2.92. The van der Waals surface area contributed by atoms with Crippen molar-refractivity contribution >= 4 is 26.5 Å². The quantitative estimate of drug-likeness (QED) is 0.547. The molecule has 3 rings (SSSR count). The number of nitro benzene ring substituents is 1. The highest BCUT2D eigenvalue weighted by Crippen LogP contribution is 2.34. The number of hydrogen-bond acceptors (Lipinski definition) is 5. The van der Waals surface area contributed by atoms with E-state index < -0.39 is 14.8 Å². The van der Waals surface area contributed by atoms with Gasteiger partial charge >= 0.3 is 5.69 Å². The second-order valence-electron chi connectivity index (χ2n) is 4.33. The van der Waals surface area contributed by atoms with E-state index in [1.165, 1.54) is 30.3 Å². The summed E-state index contributed by atoms with van der Waals surface area (Å²) in [6.45, 7) is 0. The number of furan rings is 1. The third kappa shape index (κ3) is 2.07. The lowest BCUT2D eigenvalue weighted by atomic mass is 10.2. The Hall–Kier alpha value is -2.67. The predicted molar refractivity (Wildman–Crippen MR) is 74.8 cm³/mol. The van der Waals surface area contributed by atoms with Gasteiger partial charge in [0, 0.05) is 11.5 Å². The molecule has 0 fully saturated rings. The van der Waals surface area contributed by atoms with E-state index in [9.17, 15) is 18.5 Å². The molecular formula is C14H9NO5S. The summed E-state index contributed by atoms with van der Waals surface area (Å²) >= 11 is 0. The number of benzene rings is 2. The summed E-state index contributed by atoms with van der Waals surface area (Å²) in [4.78, 5) is 10.4. The minimum atomic E-state index is -3.78. The van der Waals surface area contributed by atoms with Crippen LogP contribution in [0.1, 0.15) is 0 Å². The first-order valence-corrected chi connectivity index (χ1v) is 7.45. The average molecular weight is 303 g/mol. The molecule has 0 aliphatic heterocycles. The summed E-state index contributed by atoms with van der Waals surface area (Å²) in [6, 6.07) is 12.0. The van der Waals surface area contributed by atoms with Crippen molar-refractivity contribution in [3.63, 3.8) is 0 Å². The zero-order valence-corrected chi connectivity index (χ0v) is 11.4. The summed E-state index contributed by atoms with van der Waals surface area (Å²) in [6.07, 6.45) is 1.04. The van der Waals surface area contributed by atoms with E-state index in [0.717, 1.165) is 6.26 Å². The normalized spacial score (nSPS) is 11.6. The molecule has 0 amide bonds.